The van der Waals surface area contributed by atoms with Gasteiger partial charge in [-0.3, -0.25) is 0 Å². The first-order valence-electron chi connectivity index (χ1n) is 9.96. The Morgan fingerprint density at radius 2 is 1.85 bits per heavy atom. The van der Waals surface area contributed by atoms with Crippen molar-refractivity contribution in [2.75, 3.05) is 6.61 Å². The van der Waals surface area contributed by atoms with Crippen molar-refractivity contribution < 1.29 is 27.1 Å². The van der Waals surface area contributed by atoms with E-state index in [0.717, 1.165) is 16.3 Å². The Bertz CT molecular complexity index is 1280. The molecular weight excluding hydrogens is 440 g/mol. The molecule has 170 valence electrons. The van der Waals surface area contributed by atoms with E-state index in [1.165, 1.54) is 6.07 Å². The van der Waals surface area contributed by atoms with Crippen LogP contribution in [0, 0.1) is 5.82 Å². The molecule has 2 aromatic carbocycles. The van der Waals surface area contributed by atoms with E-state index in [-0.39, 0.29) is 23.7 Å². The third kappa shape index (κ3) is 4.79. The molecule has 2 heterocycles. The molecule has 4 rings (SSSR count). The summed E-state index contributed by atoms with van der Waals surface area (Å²) in [7, 11) is 0. The van der Waals surface area contributed by atoms with Gasteiger partial charge in [0.05, 0.1) is 29.9 Å². The number of alkyl halides is 3. The van der Waals surface area contributed by atoms with E-state index in [1.807, 2.05) is 30.3 Å². The van der Waals surface area contributed by atoms with Crippen LogP contribution in [-0.2, 0) is 17.5 Å². The fourth-order valence-corrected chi connectivity index (χ4v) is 3.30. The molecule has 0 saturated heterocycles. The molecule has 0 aliphatic carbocycles. The minimum atomic E-state index is -4.89. The maximum Gasteiger partial charge on any atom is 0.419 e. The van der Waals surface area contributed by atoms with E-state index in [1.54, 1.807) is 24.0 Å². The van der Waals surface area contributed by atoms with Crippen LogP contribution in [0.15, 0.2) is 67.1 Å². The van der Waals surface area contributed by atoms with Crippen LogP contribution >= 0.6 is 0 Å². The Kier molecular flexibility index (Phi) is 5.99. The molecule has 0 atom stereocenters. The third-order valence-corrected chi connectivity index (χ3v) is 4.80. The van der Waals surface area contributed by atoms with E-state index >= 15 is 0 Å². The minimum Gasteiger partial charge on any atom is -0.461 e. The summed E-state index contributed by atoms with van der Waals surface area (Å²) in [5, 5.41) is 4.12. The molecule has 0 N–H and O–H groups in total. The molecule has 0 bridgehead atoms. The quantitative estimate of drug-likeness (QED) is 0.297. The highest BCUT2D eigenvalue weighted by atomic mass is 19.4. The van der Waals surface area contributed by atoms with Crippen LogP contribution in [0.5, 0.6) is 0 Å². The summed E-state index contributed by atoms with van der Waals surface area (Å²) >= 11 is 0. The molecule has 0 aliphatic rings. The molecule has 2 aromatic heterocycles. The van der Waals surface area contributed by atoms with Gasteiger partial charge >= 0.3 is 12.1 Å². The second-order valence-corrected chi connectivity index (χ2v) is 7.13. The highest BCUT2D eigenvalue weighted by molar-refractivity contribution is 5.88. The van der Waals surface area contributed by atoms with E-state index in [0.29, 0.717) is 24.4 Å². The van der Waals surface area contributed by atoms with Crippen LogP contribution in [0.2, 0.25) is 0 Å². The Hall–Kier alpha value is -3.95. The maximum absolute atomic E-state index is 13.8. The van der Waals surface area contributed by atoms with Gasteiger partial charge in [-0.2, -0.15) is 18.3 Å². The molecule has 0 aliphatic heterocycles. The number of nitrogens with zero attached hydrogens (tertiary/aromatic N) is 4. The van der Waals surface area contributed by atoms with Gasteiger partial charge in [-0.1, -0.05) is 30.3 Å². The van der Waals surface area contributed by atoms with Crippen LogP contribution in [-0.4, -0.2) is 31.9 Å². The lowest BCUT2D eigenvalue weighted by molar-refractivity contribution is -0.140. The lowest BCUT2D eigenvalue weighted by Gasteiger charge is -2.11. The Balaban J connectivity index is 1.78. The lowest BCUT2D eigenvalue weighted by Crippen LogP contribution is -2.11. The summed E-state index contributed by atoms with van der Waals surface area (Å²) in [5.74, 6) is -2.14. The highest BCUT2D eigenvalue weighted by Gasteiger charge is 2.34. The first kappa shape index (κ1) is 22.3. The number of imidazole rings is 1. The number of halogens is 4. The number of ether oxygens (including phenoxy) is 1. The summed E-state index contributed by atoms with van der Waals surface area (Å²) in [6.07, 6.45) is -1.65. The van der Waals surface area contributed by atoms with Crippen LogP contribution < -0.4 is 0 Å². The van der Waals surface area contributed by atoms with Crippen LogP contribution in [0.3, 0.4) is 0 Å². The zero-order valence-corrected chi connectivity index (χ0v) is 17.4. The van der Waals surface area contributed by atoms with Crippen molar-refractivity contribution in [2.24, 2.45) is 0 Å². The Morgan fingerprint density at radius 3 is 2.55 bits per heavy atom. The van der Waals surface area contributed by atoms with E-state index in [9.17, 15) is 22.4 Å². The summed E-state index contributed by atoms with van der Waals surface area (Å²) in [5.41, 5.74) is 0.0231. The van der Waals surface area contributed by atoms with Crippen molar-refractivity contribution in [3.8, 4) is 17.1 Å². The molecule has 0 radical (unpaired) electrons. The fourth-order valence-electron chi connectivity index (χ4n) is 3.30. The van der Waals surface area contributed by atoms with Gasteiger partial charge in [0.2, 0.25) is 0 Å². The molecule has 0 amide bonds. The lowest BCUT2D eigenvalue weighted by atomic mass is 10.1. The molecule has 0 saturated carbocycles. The van der Waals surface area contributed by atoms with Crippen molar-refractivity contribution in [3.63, 3.8) is 0 Å². The third-order valence-electron chi connectivity index (χ3n) is 4.80. The average molecular weight is 458 g/mol. The smallest absolute Gasteiger partial charge is 0.419 e. The Morgan fingerprint density at radius 1 is 1.09 bits per heavy atom. The predicted molar refractivity (Wildman–Crippen MR) is 111 cm³/mol. The monoisotopic (exact) mass is 458 g/mol. The number of rotatable bonds is 6. The van der Waals surface area contributed by atoms with Gasteiger partial charge in [-0.15, -0.1) is 0 Å². The summed E-state index contributed by atoms with van der Waals surface area (Å²) in [6, 6.07) is 13.5. The molecule has 4 aromatic rings. The standard InChI is InChI=1S/C23H18F4N4O2/c1-2-33-22(32)19-11-21(20-13-30(14-28-20)12-15-6-4-3-5-7-15)31(29-19)16-8-9-18(24)17(10-16)23(25,26)27/h3-11,13-14H,2,12H2,1H3. The number of hydrogen-bond donors (Lipinski definition) is 0. The van der Waals surface area contributed by atoms with Crippen LogP contribution in [0.1, 0.15) is 28.5 Å². The van der Waals surface area contributed by atoms with Gasteiger partial charge in [-0.25, -0.2) is 18.9 Å². The van der Waals surface area contributed by atoms with Gasteiger partial charge < -0.3 is 9.30 Å². The number of carbonyl (C=O) groups excluding carboxylic acids is 1. The van der Waals surface area contributed by atoms with E-state index in [2.05, 4.69) is 10.1 Å². The highest BCUT2D eigenvalue weighted by Crippen LogP contribution is 2.33. The van der Waals surface area contributed by atoms with Crippen molar-refractivity contribution in [1.82, 2.24) is 19.3 Å². The van der Waals surface area contributed by atoms with Crippen molar-refractivity contribution in [2.45, 2.75) is 19.6 Å². The summed E-state index contributed by atoms with van der Waals surface area (Å²) in [4.78, 5) is 16.6. The first-order valence-corrected chi connectivity index (χ1v) is 9.96. The SMILES string of the molecule is CCOC(=O)c1cc(-c2cn(Cc3ccccc3)cn2)n(-c2ccc(F)c(C(F)(F)F)c2)n1. The minimum absolute atomic E-state index is 0.0770. The zero-order chi connectivity index (χ0) is 23.6. The fraction of sp³-hybridized carbons (Fsp3) is 0.174. The van der Waals surface area contributed by atoms with Gasteiger partial charge in [0, 0.05) is 18.8 Å². The van der Waals surface area contributed by atoms with E-state index < -0.39 is 23.5 Å². The van der Waals surface area contributed by atoms with Crippen LogP contribution in [0.25, 0.3) is 17.1 Å². The van der Waals surface area contributed by atoms with Gasteiger partial charge in [0.15, 0.2) is 5.69 Å². The van der Waals surface area contributed by atoms with E-state index in [4.69, 9.17) is 4.74 Å². The number of esters is 1. The van der Waals surface area contributed by atoms with Gasteiger partial charge in [0.25, 0.3) is 0 Å². The zero-order valence-electron chi connectivity index (χ0n) is 17.4. The molecule has 0 spiro atoms. The van der Waals surface area contributed by atoms with Crippen LogP contribution in [0.4, 0.5) is 17.6 Å². The number of hydrogen-bond acceptors (Lipinski definition) is 4. The summed E-state index contributed by atoms with van der Waals surface area (Å²) < 4.78 is 61.4. The number of aromatic nitrogens is 4. The van der Waals surface area contributed by atoms with Crippen molar-refractivity contribution >= 4 is 5.97 Å². The molecule has 6 nitrogen and oxygen atoms in total. The number of carbonyl (C=O) groups is 1. The maximum atomic E-state index is 13.8. The molecule has 10 heteroatoms. The predicted octanol–water partition coefficient (Wildman–Crippen LogP) is 5.12. The molecule has 0 fully saturated rings. The first-order chi connectivity index (χ1) is 15.8. The van der Waals surface area contributed by atoms with Crippen molar-refractivity contribution in [1.29, 1.82) is 0 Å². The Labute approximate surface area is 186 Å². The van der Waals surface area contributed by atoms with Gasteiger partial charge in [0.1, 0.15) is 11.5 Å². The number of benzene rings is 2. The van der Waals surface area contributed by atoms with Gasteiger partial charge in [-0.05, 0) is 30.7 Å². The average Bonchev–Trinajstić information content (AvgIpc) is 3.41. The largest absolute Gasteiger partial charge is 0.461 e. The molecule has 0 unspecified atom stereocenters. The second-order valence-electron chi connectivity index (χ2n) is 7.13. The normalized spacial score (nSPS) is 11.5. The topological polar surface area (TPSA) is 61.9 Å². The molecular formula is C23H18F4N4O2. The molecule has 33 heavy (non-hydrogen) atoms. The summed E-state index contributed by atoms with van der Waals surface area (Å²) in [6.45, 7) is 2.24. The second kappa shape index (κ2) is 8.89. The van der Waals surface area contributed by atoms with Crippen molar-refractivity contribution in [3.05, 3.63) is 89.8 Å².